The van der Waals surface area contributed by atoms with Gasteiger partial charge in [-0.25, -0.2) is 0 Å². The average molecular weight is 1490 g/mol. The summed E-state index contributed by atoms with van der Waals surface area (Å²) >= 11 is 0. The van der Waals surface area contributed by atoms with E-state index in [1.807, 2.05) is 91.9 Å². The third kappa shape index (κ3) is 22.0. The summed E-state index contributed by atoms with van der Waals surface area (Å²) in [4.78, 5) is 76.1. The molecule has 0 aromatic heterocycles. The lowest BCUT2D eigenvalue weighted by atomic mass is 9.83. The molecular weight excluding hydrogens is 1390 g/mol. The molecule has 2 atom stereocenters. The summed E-state index contributed by atoms with van der Waals surface area (Å²) in [5.41, 5.74) is 6.49. The third-order valence-corrected chi connectivity index (χ3v) is 19.2. The average Bonchev–Trinajstić information content (AvgIpc) is 0.740. The highest BCUT2D eigenvalue weighted by Crippen LogP contribution is 2.49. The fourth-order valence-corrected chi connectivity index (χ4v) is 13.5. The Morgan fingerprint density at radius 2 is 0.725 bits per heavy atom. The van der Waals surface area contributed by atoms with E-state index in [-0.39, 0.29) is 83.9 Å². The molecule has 0 N–H and O–H groups in total. The van der Waals surface area contributed by atoms with E-state index < -0.39 is 35.1 Å². The van der Waals surface area contributed by atoms with E-state index in [0.29, 0.717) is 89.7 Å². The first-order chi connectivity index (χ1) is 53.4. The van der Waals surface area contributed by atoms with E-state index in [1.165, 1.54) is 17.9 Å². The Morgan fingerprint density at radius 1 is 0.367 bits per heavy atom. The Hall–Kier alpha value is -10.7. The number of fused-ring (bicyclic) bond motifs is 6. The van der Waals surface area contributed by atoms with Gasteiger partial charge in [0, 0.05) is 113 Å². The summed E-state index contributed by atoms with van der Waals surface area (Å²) in [7, 11) is 1.36. The third-order valence-electron chi connectivity index (χ3n) is 19.2. The quantitative estimate of drug-likeness (QED) is 0.0200. The van der Waals surface area contributed by atoms with Gasteiger partial charge in [-0.1, -0.05) is 140 Å². The monoisotopic (exact) mass is 1490 g/mol. The molecule has 2 fully saturated rings. The van der Waals surface area contributed by atoms with Crippen molar-refractivity contribution in [3.05, 3.63) is 215 Å². The summed E-state index contributed by atoms with van der Waals surface area (Å²) < 4.78 is 73.2. The van der Waals surface area contributed by atoms with Crippen LogP contribution in [0.15, 0.2) is 182 Å². The number of anilines is 2. The van der Waals surface area contributed by atoms with Crippen LogP contribution in [0.2, 0.25) is 0 Å². The minimum atomic E-state index is -0.881. The fraction of sp³-hybridized carbons (Fsp3) is 0.386. The van der Waals surface area contributed by atoms with E-state index in [9.17, 15) is 28.8 Å². The highest BCUT2D eigenvalue weighted by molar-refractivity contribution is 6.03. The van der Waals surface area contributed by atoms with Crippen molar-refractivity contribution in [2.75, 3.05) is 129 Å². The number of morpholine rings is 2. The van der Waals surface area contributed by atoms with Gasteiger partial charge in [-0.05, 0) is 104 Å². The second-order valence-corrected chi connectivity index (χ2v) is 26.6. The van der Waals surface area contributed by atoms with Crippen molar-refractivity contribution in [2.45, 2.75) is 102 Å². The lowest BCUT2D eigenvalue weighted by Crippen LogP contribution is -2.37. The summed E-state index contributed by atoms with van der Waals surface area (Å²) in [5.74, 6) is 0.447. The first-order valence-electron chi connectivity index (χ1n) is 38.0. The Balaban J connectivity index is 0.000000217. The number of rotatable bonds is 37. The molecule has 21 nitrogen and oxygen atoms in total. The maximum absolute atomic E-state index is 12.3. The molecule has 8 aromatic carbocycles. The number of methoxy groups -OCH3 is 1. The van der Waals surface area contributed by atoms with Crippen molar-refractivity contribution >= 4 is 80.9 Å². The minimum absolute atomic E-state index is 0.0415. The maximum atomic E-state index is 12.3. The van der Waals surface area contributed by atoms with Crippen LogP contribution in [0, 0.1) is 0 Å². The predicted molar refractivity (Wildman–Crippen MR) is 415 cm³/mol. The predicted octanol–water partition coefficient (Wildman–Crippen LogP) is 14.8. The lowest BCUT2D eigenvalue weighted by molar-refractivity contribution is -0.150. The first kappa shape index (κ1) is 79.3. The van der Waals surface area contributed by atoms with Crippen LogP contribution in [-0.2, 0) is 82.6 Å². The Bertz CT molecular complexity index is 4350. The van der Waals surface area contributed by atoms with Crippen molar-refractivity contribution in [1.29, 1.82) is 0 Å². The Kier molecular flexibility index (Phi) is 29.8. The van der Waals surface area contributed by atoms with Gasteiger partial charge in [-0.3, -0.25) is 28.8 Å². The number of carbonyl (C=O) groups excluding carboxylic acids is 6. The zero-order valence-electron chi connectivity index (χ0n) is 62.3. The number of hydrogen-bond donors (Lipinski definition) is 0. The van der Waals surface area contributed by atoms with Gasteiger partial charge in [-0.15, -0.1) is 0 Å². The standard InChI is InChI=1S/C46H53NO10.C42H45NO9/c1-2-26-51-30-31-55-43(48)15-7-4-10-27-54-44(49)20-21-45(50)56-33-32-53-37-18-16-36(17-19-37)46(35-11-5-3-6-12-35)23-22-40-38-13-8-9-14-39(38)41(34-42(40)57-46)47-24-28-52-29-25-47;1-47-39(44)14-6-3-9-25-50-40(45)19-20-41(46)51-29-28-49-33-17-15-32(16-18-33)42(31-10-4-2-5-11-31)22-21-36-34-12-7-8-13-35(34)37(30-38(36)52-42)43-23-26-48-27-24-43/h3,5-6,8-9,11-14,16-19,22-23,34H,2,4,7,10,15,20-21,24-33H2,1H3;2,4-5,7-8,10-13,15-18,21-22,30H,3,6,9,14,19-20,23-29H2,1H3. The summed E-state index contributed by atoms with van der Waals surface area (Å²) in [5, 5.41) is 4.66. The van der Waals surface area contributed by atoms with Crippen LogP contribution in [0.1, 0.15) is 124 Å². The Morgan fingerprint density at radius 3 is 1.13 bits per heavy atom. The second-order valence-electron chi connectivity index (χ2n) is 26.6. The number of hydrogen-bond acceptors (Lipinski definition) is 21. The second kappa shape index (κ2) is 41.0. The van der Waals surface area contributed by atoms with Crippen molar-refractivity contribution in [3.8, 4) is 23.0 Å². The van der Waals surface area contributed by atoms with E-state index in [1.54, 1.807) is 0 Å². The Labute approximate surface area is 637 Å². The van der Waals surface area contributed by atoms with Gasteiger partial charge in [0.2, 0.25) is 0 Å². The zero-order chi connectivity index (χ0) is 75.9. The normalized spacial score (nSPS) is 16.2. The fourth-order valence-electron chi connectivity index (χ4n) is 13.5. The van der Waals surface area contributed by atoms with Crippen LogP contribution in [-0.4, -0.2) is 155 Å². The molecule has 0 amide bonds. The highest BCUT2D eigenvalue weighted by atomic mass is 16.6. The molecule has 109 heavy (non-hydrogen) atoms. The van der Waals surface area contributed by atoms with Crippen molar-refractivity contribution < 1.29 is 90.3 Å². The minimum Gasteiger partial charge on any atom is -0.490 e. The molecular formula is C88H98N2O19. The van der Waals surface area contributed by atoms with E-state index in [0.717, 1.165) is 112 Å². The van der Waals surface area contributed by atoms with Crippen molar-refractivity contribution in [2.24, 2.45) is 0 Å². The topological polar surface area (TPSA) is 229 Å². The molecule has 0 radical (unpaired) electrons. The smallest absolute Gasteiger partial charge is 0.306 e. The molecule has 0 aliphatic carbocycles. The molecule has 0 saturated carbocycles. The van der Waals surface area contributed by atoms with Gasteiger partial charge in [0.1, 0.15) is 56.0 Å². The molecule has 4 heterocycles. The molecule has 4 aliphatic rings. The number of carbonyl (C=O) groups is 6. The summed E-state index contributed by atoms with van der Waals surface area (Å²) in [6.45, 7) is 10.3. The molecule has 12 rings (SSSR count). The van der Waals surface area contributed by atoms with Gasteiger partial charge in [0.15, 0.2) is 11.2 Å². The SMILES string of the molecule is CCCOCCOC(=O)CCCCCOC(=O)CCC(=O)OCCOc1ccc(C2(c3ccccc3)C=Cc3c(cc(N4CCOCC4)c4ccccc34)O2)cc1.COC(=O)CCCCCOC(=O)CCC(=O)OCCOc1ccc(C2(c3ccccc3)C=Cc3c(cc(N4CCOCC4)c4ccccc34)O2)cc1. The number of unbranched alkanes of at least 4 members (excludes halogenated alkanes) is 4. The number of ether oxygens (including phenoxy) is 13. The van der Waals surface area contributed by atoms with E-state index in [4.69, 9.17) is 56.8 Å². The van der Waals surface area contributed by atoms with Crippen LogP contribution in [0.25, 0.3) is 33.7 Å². The lowest BCUT2D eigenvalue weighted by Gasteiger charge is -2.38. The van der Waals surface area contributed by atoms with Crippen molar-refractivity contribution in [3.63, 3.8) is 0 Å². The molecule has 2 saturated heterocycles. The van der Waals surface area contributed by atoms with Crippen LogP contribution >= 0.6 is 0 Å². The maximum Gasteiger partial charge on any atom is 0.306 e. The number of esters is 6. The van der Waals surface area contributed by atoms with E-state index >= 15 is 0 Å². The number of nitrogens with zero attached hydrogens (tertiary/aromatic N) is 2. The molecule has 2 unspecified atom stereocenters. The van der Waals surface area contributed by atoms with Gasteiger partial charge in [0.05, 0.1) is 79.0 Å². The molecule has 0 bridgehead atoms. The first-order valence-corrected chi connectivity index (χ1v) is 38.0. The van der Waals surface area contributed by atoms with Gasteiger partial charge in [0.25, 0.3) is 0 Å². The molecule has 574 valence electrons. The summed E-state index contributed by atoms with van der Waals surface area (Å²) in [6, 6.07) is 57.2. The van der Waals surface area contributed by atoms with Crippen LogP contribution in [0.5, 0.6) is 23.0 Å². The largest absolute Gasteiger partial charge is 0.490 e. The molecule has 0 spiro atoms. The van der Waals surface area contributed by atoms with Gasteiger partial charge in [-0.2, -0.15) is 0 Å². The van der Waals surface area contributed by atoms with Gasteiger partial charge < -0.3 is 71.4 Å². The van der Waals surface area contributed by atoms with Crippen LogP contribution < -0.4 is 28.7 Å². The molecule has 21 heteroatoms. The molecule has 8 aromatic rings. The van der Waals surface area contributed by atoms with Crippen molar-refractivity contribution in [1.82, 2.24) is 0 Å². The van der Waals surface area contributed by atoms with Gasteiger partial charge >= 0.3 is 35.8 Å². The van der Waals surface area contributed by atoms with Crippen LogP contribution in [0.3, 0.4) is 0 Å². The summed E-state index contributed by atoms with van der Waals surface area (Å²) in [6.07, 6.45) is 14.0. The van der Waals surface area contributed by atoms with Crippen LogP contribution in [0.4, 0.5) is 11.4 Å². The molecule has 4 aliphatic heterocycles. The zero-order valence-corrected chi connectivity index (χ0v) is 62.3. The van der Waals surface area contributed by atoms with E-state index in [2.05, 4.69) is 124 Å². The highest BCUT2D eigenvalue weighted by Gasteiger charge is 2.40. The number of benzene rings is 8.